The van der Waals surface area contributed by atoms with Crippen LogP contribution in [0.15, 0.2) is 42.5 Å². The smallest absolute Gasteiger partial charge is 0.396 e. The Morgan fingerprint density at radius 1 is 0.763 bits per heavy atom. The molecular weight excluding hydrogens is 518 g/mol. The summed E-state index contributed by atoms with van der Waals surface area (Å²) in [6.45, 7) is -0.362. The van der Waals surface area contributed by atoms with E-state index >= 15 is 0 Å². The van der Waals surface area contributed by atoms with E-state index in [-0.39, 0.29) is 18.6 Å². The summed E-state index contributed by atoms with van der Waals surface area (Å²) >= 11 is 0. The quantitative estimate of drug-likeness (QED) is 0.340. The van der Waals surface area contributed by atoms with Crippen LogP contribution in [-0.4, -0.2) is 68.4 Å². The largest absolute Gasteiger partial charge is 0.426 e. The molecule has 0 heterocycles. The molecule has 4 rings (SSSR count). The Morgan fingerprint density at radius 3 is 1.87 bits per heavy atom. The van der Waals surface area contributed by atoms with Gasteiger partial charge in [0.2, 0.25) is 0 Å². The molecule has 5 nitrogen and oxygen atoms in total. The van der Waals surface area contributed by atoms with Crippen LogP contribution in [0.1, 0.15) is 58.9 Å². The molecule has 2 aromatic carbocycles. The van der Waals surface area contributed by atoms with Crippen molar-refractivity contribution in [2.24, 2.45) is 5.92 Å². The molecule has 2 aromatic rings. The van der Waals surface area contributed by atoms with Crippen molar-refractivity contribution in [1.82, 2.24) is 0 Å². The molecule has 0 saturated heterocycles. The van der Waals surface area contributed by atoms with Gasteiger partial charge in [0, 0.05) is 24.9 Å². The lowest BCUT2D eigenvalue weighted by molar-refractivity contribution is -0.367. The molecule has 11 heteroatoms. The number of rotatable bonds is 7. The molecule has 210 valence electrons. The molecule has 0 unspecified atom stereocenters. The second-order valence-electron chi connectivity index (χ2n) is 10.5. The van der Waals surface area contributed by atoms with E-state index < -0.39 is 54.5 Å². The lowest BCUT2D eigenvalue weighted by Gasteiger charge is -2.40. The molecule has 0 spiro atoms. The summed E-state index contributed by atoms with van der Waals surface area (Å²) in [5, 5.41) is 50.1. The van der Waals surface area contributed by atoms with Gasteiger partial charge in [0.25, 0.3) is 5.60 Å². The minimum absolute atomic E-state index is 0.244. The van der Waals surface area contributed by atoms with Gasteiger partial charge < -0.3 is 25.5 Å². The van der Waals surface area contributed by atoms with Crippen LogP contribution in [0, 0.1) is 5.92 Å². The van der Waals surface area contributed by atoms with Crippen LogP contribution in [0.3, 0.4) is 0 Å². The van der Waals surface area contributed by atoms with Gasteiger partial charge in [0.1, 0.15) is 6.10 Å². The van der Waals surface area contributed by atoms with Gasteiger partial charge in [-0.05, 0) is 59.4 Å². The summed E-state index contributed by atoms with van der Waals surface area (Å²) in [6.07, 6.45) is -14.9. The topological polar surface area (TPSA) is 101 Å². The second kappa shape index (κ2) is 10.4. The van der Waals surface area contributed by atoms with Gasteiger partial charge in [0.15, 0.2) is 0 Å². The zero-order chi connectivity index (χ0) is 28.0. The fourth-order valence-corrected chi connectivity index (χ4v) is 5.29. The van der Waals surface area contributed by atoms with Crippen molar-refractivity contribution in [3.05, 3.63) is 70.3 Å². The molecule has 2 saturated carbocycles. The normalized spacial score (nSPS) is 27.0. The maximum absolute atomic E-state index is 13.1. The van der Waals surface area contributed by atoms with E-state index in [0.717, 1.165) is 36.1 Å². The zero-order valence-electron chi connectivity index (χ0n) is 20.3. The lowest BCUT2D eigenvalue weighted by atomic mass is 9.72. The molecule has 0 bridgehead atoms. The molecule has 0 aliphatic heterocycles. The molecule has 2 aliphatic rings. The summed E-state index contributed by atoms with van der Waals surface area (Å²) in [4.78, 5) is 0. The molecule has 5 N–H and O–H groups in total. The summed E-state index contributed by atoms with van der Waals surface area (Å²) in [7, 11) is 0. The Hall–Kier alpha value is -2.18. The second-order valence-corrected chi connectivity index (χ2v) is 10.5. The molecule has 0 aromatic heterocycles. The van der Waals surface area contributed by atoms with Crippen LogP contribution in [0.25, 0.3) is 0 Å². The summed E-state index contributed by atoms with van der Waals surface area (Å²) in [5.41, 5.74) is -1.95. The van der Waals surface area contributed by atoms with Crippen molar-refractivity contribution in [2.45, 2.75) is 80.2 Å². The molecule has 2 fully saturated rings. The maximum atomic E-state index is 13.1. The first kappa shape index (κ1) is 28.8. The van der Waals surface area contributed by atoms with Gasteiger partial charge in [-0.2, -0.15) is 26.3 Å². The Morgan fingerprint density at radius 2 is 1.34 bits per heavy atom. The molecule has 38 heavy (non-hydrogen) atoms. The minimum atomic E-state index is -5.90. The summed E-state index contributed by atoms with van der Waals surface area (Å²) in [6, 6.07) is 10.7. The van der Waals surface area contributed by atoms with E-state index in [9.17, 15) is 51.9 Å². The minimum Gasteiger partial charge on any atom is -0.396 e. The molecule has 0 radical (unpaired) electrons. The van der Waals surface area contributed by atoms with Crippen LogP contribution < -0.4 is 0 Å². The average Bonchev–Trinajstić information content (AvgIpc) is 3.68. The van der Waals surface area contributed by atoms with Gasteiger partial charge >= 0.3 is 12.4 Å². The first-order chi connectivity index (χ1) is 17.7. The zero-order valence-corrected chi connectivity index (χ0v) is 20.3. The number of hydrogen-bond acceptors (Lipinski definition) is 5. The molecule has 2 aliphatic carbocycles. The van der Waals surface area contributed by atoms with Crippen LogP contribution in [-0.2, 0) is 12.8 Å². The standard InChI is InChI=1S/C27H30F6O5/c28-26(29,30)25(38,27(31,32)33)12-15-3-1-14(2-4-15)9-18-10-17(7-8-20(18)16-5-6-16)21-11-19(13-34)22(35)24(37)23(21)36/h1-4,7-8,10,16,19,21-24,34-38H,5-6,9,11-13H2/t19-,21+,22-,23+,24+/m1/s1. The third-order valence-corrected chi connectivity index (χ3v) is 7.81. The molecule has 0 amide bonds. The Labute approximate surface area is 215 Å². The highest BCUT2D eigenvalue weighted by Crippen LogP contribution is 2.46. The van der Waals surface area contributed by atoms with Crippen molar-refractivity contribution < 1.29 is 51.9 Å². The van der Waals surface area contributed by atoms with Gasteiger partial charge in [0.05, 0.1) is 12.2 Å². The fourth-order valence-electron chi connectivity index (χ4n) is 5.29. The van der Waals surface area contributed by atoms with E-state index in [0.29, 0.717) is 23.5 Å². The third kappa shape index (κ3) is 5.58. The number of aliphatic hydroxyl groups is 5. The SMILES string of the molecule is OC[C@H]1C[C@@H](c2ccc(C3CC3)c(Cc3ccc(CC(O)(C(F)(F)F)C(F)(F)F)cc3)c2)[C@H](O)[C@@H](O)[C@@H]1O. The monoisotopic (exact) mass is 548 g/mol. The fraction of sp³-hybridized carbons (Fsp3) is 0.556. The lowest BCUT2D eigenvalue weighted by Crippen LogP contribution is -2.58. The first-order valence-electron chi connectivity index (χ1n) is 12.4. The Balaban J connectivity index is 1.58. The van der Waals surface area contributed by atoms with E-state index in [1.54, 1.807) is 0 Å². The predicted molar refractivity (Wildman–Crippen MR) is 124 cm³/mol. The van der Waals surface area contributed by atoms with Crippen LogP contribution in [0.4, 0.5) is 26.3 Å². The van der Waals surface area contributed by atoms with Gasteiger partial charge in [-0.3, -0.25) is 0 Å². The molecular formula is C27H30F6O5. The van der Waals surface area contributed by atoms with Crippen LogP contribution in [0.2, 0.25) is 0 Å². The molecule has 5 atom stereocenters. The highest BCUT2D eigenvalue weighted by molar-refractivity contribution is 5.42. The Kier molecular flexibility index (Phi) is 7.90. The van der Waals surface area contributed by atoms with Gasteiger partial charge in [-0.25, -0.2) is 0 Å². The first-order valence-corrected chi connectivity index (χ1v) is 12.4. The van der Waals surface area contributed by atoms with Crippen molar-refractivity contribution in [1.29, 1.82) is 0 Å². The highest BCUT2D eigenvalue weighted by atomic mass is 19.4. The van der Waals surface area contributed by atoms with Crippen LogP contribution in [0.5, 0.6) is 0 Å². The Bertz CT molecular complexity index is 1100. The van der Waals surface area contributed by atoms with Crippen molar-refractivity contribution >= 4 is 0 Å². The van der Waals surface area contributed by atoms with Crippen LogP contribution >= 0.6 is 0 Å². The summed E-state index contributed by atoms with van der Waals surface area (Å²) in [5.74, 6) is -0.854. The number of halogens is 6. The number of alkyl halides is 6. The van der Waals surface area contributed by atoms with Crippen molar-refractivity contribution in [2.75, 3.05) is 6.61 Å². The predicted octanol–water partition coefficient (Wildman–Crippen LogP) is 3.73. The summed E-state index contributed by atoms with van der Waals surface area (Å²) < 4.78 is 78.4. The van der Waals surface area contributed by atoms with Crippen molar-refractivity contribution in [3.63, 3.8) is 0 Å². The van der Waals surface area contributed by atoms with Gasteiger partial charge in [-0.15, -0.1) is 0 Å². The van der Waals surface area contributed by atoms with Gasteiger partial charge in [-0.1, -0.05) is 42.5 Å². The average molecular weight is 549 g/mol. The van der Waals surface area contributed by atoms with Crippen molar-refractivity contribution in [3.8, 4) is 0 Å². The number of aliphatic hydroxyl groups excluding tert-OH is 4. The van der Waals surface area contributed by atoms with E-state index in [1.807, 2.05) is 18.2 Å². The van der Waals surface area contributed by atoms with E-state index in [1.165, 1.54) is 12.1 Å². The number of benzene rings is 2. The van der Waals surface area contributed by atoms with E-state index in [2.05, 4.69) is 0 Å². The highest BCUT2D eigenvalue weighted by Gasteiger charge is 2.70. The maximum Gasteiger partial charge on any atom is 0.426 e. The third-order valence-electron chi connectivity index (χ3n) is 7.81. The van der Waals surface area contributed by atoms with E-state index in [4.69, 9.17) is 0 Å². The number of hydrogen-bond donors (Lipinski definition) is 5.